The molecule has 0 aromatic carbocycles. The van der Waals surface area contributed by atoms with Crippen molar-refractivity contribution in [2.45, 2.75) is 6.17 Å². The SMILES string of the molecule is CN1C=NC(NN2CCN=C2N)C1. The number of likely N-dealkylation sites (N-methyl/N-ethyl adjacent to an activating group) is 1. The Labute approximate surface area is 77.1 Å². The number of hydrogen-bond donors (Lipinski definition) is 2. The molecule has 0 aromatic heterocycles. The number of hydrogen-bond acceptors (Lipinski definition) is 6. The predicted molar refractivity (Wildman–Crippen MR) is 51.2 cm³/mol. The molecule has 3 N–H and O–H groups in total. The van der Waals surface area contributed by atoms with Gasteiger partial charge in [0.15, 0.2) is 0 Å². The molecule has 13 heavy (non-hydrogen) atoms. The standard InChI is InChI=1S/C7H14N6/c1-12-4-6(10-5-12)11-13-3-2-9-7(13)8/h5-6,11H,2-4H2,1H3,(H2,8,9). The average Bonchev–Trinajstić information content (AvgIpc) is 2.64. The lowest BCUT2D eigenvalue weighted by molar-refractivity contribution is 0.271. The van der Waals surface area contributed by atoms with Gasteiger partial charge in [0.25, 0.3) is 0 Å². The molecule has 6 heteroatoms. The number of hydrazine groups is 1. The van der Waals surface area contributed by atoms with Crippen molar-refractivity contribution < 1.29 is 0 Å². The fraction of sp³-hybridized carbons (Fsp3) is 0.714. The van der Waals surface area contributed by atoms with Crippen molar-refractivity contribution >= 4 is 12.3 Å². The molecule has 72 valence electrons. The van der Waals surface area contributed by atoms with E-state index < -0.39 is 0 Å². The van der Waals surface area contributed by atoms with Gasteiger partial charge in [0.1, 0.15) is 6.17 Å². The van der Waals surface area contributed by atoms with Crippen LogP contribution in [0.5, 0.6) is 0 Å². The molecule has 0 spiro atoms. The van der Waals surface area contributed by atoms with E-state index in [9.17, 15) is 0 Å². The summed E-state index contributed by atoms with van der Waals surface area (Å²) in [6.07, 6.45) is 1.93. The Balaban J connectivity index is 1.85. The second kappa shape index (κ2) is 3.21. The summed E-state index contributed by atoms with van der Waals surface area (Å²) < 4.78 is 0. The minimum atomic E-state index is 0.108. The third kappa shape index (κ3) is 1.72. The van der Waals surface area contributed by atoms with Gasteiger partial charge in [-0.15, -0.1) is 0 Å². The van der Waals surface area contributed by atoms with Crippen molar-refractivity contribution in [1.29, 1.82) is 0 Å². The van der Waals surface area contributed by atoms with Crippen LogP contribution in [-0.2, 0) is 0 Å². The van der Waals surface area contributed by atoms with E-state index in [-0.39, 0.29) is 6.17 Å². The lowest BCUT2D eigenvalue weighted by Crippen LogP contribution is -2.50. The van der Waals surface area contributed by atoms with Crippen LogP contribution < -0.4 is 11.2 Å². The molecule has 0 aromatic rings. The maximum atomic E-state index is 5.64. The highest BCUT2D eigenvalue weighted by Gasteiger charge is 2.20. The quantitative estimate of drug-likeness (QED) is 0.541. The zero-order chi connectivity index (χ0) is 9.26. The number of nitrogens with zero attached hydrogens (tertiary/aromatic N) is 4. The molecule has 0 saturated heterocycles. The van der Waals surface area contributed by atoms with Crippen LogP contribution in [0.3, 0.4) is 0 Å². The topological polar surface area (TPSA) is 69.2 Å². The van der Waals surface area contributed by atoms with Crippen molar-refractivity contribution in [3.63, 3.8) is 0 Å². The van der Waals surface area contributed by atoms with Gasteiger partial charge in [-0.3, -0.25) is 15.0 Å². The van der Waals surface area contributed by atoms with Crippen molar-refractivity contribution in [2.75, 3.05) is 26.7 Å². The Hall–Kier alpha value is -1.30. The lowest BCUT2D eigenvalue weighted by atomic mass is 10.5. The second-order valence-electron chi connectivity index (χ2n) is 3.24. The van der Waals surface area contributed by atoms with Crippen LogP contribution in [0.25, 0.3) is 0 Å². The van der Waals surface area contributed by atoms with Crippen LogP contribution >= 0.6 is 0 Å². The molecule has 0 radical (unpaired) electrons. The number of nitrogens with one attached hydrogen (secondary N) is 1. The van der Waals surface area contributed by atoms with E-state index in [0.29, 0.717) is 5.96 Å². The Morgan fingerprint density at radius 2 is 2.54 bits per heavy atom. The van der Waals surface area contributed by atoms with Crippen LogP contribution in [-0.4, -0.2) is 55.1 Å². The van der Waals surface area contributed by atoms with Crippen molar-refractivity contribution in [2.24, 2.45) is 15.7 Å². The summed E-state index contributed by atoms with van der Waals surface area (Å²) in [6, 6.07) is 0. The molecular weight excluding hydrogens is 168 g/mol. The van der Waals surface area contributed by atoms with Crippen LogP contribution in [0.15, 0.2) is 9.98 Å². The van der Waals surface area contributed by atoms with Crippen LogP contribution in [0.4, 0.5) is 0 Å². The van der Waals surface area contributed by atoms with E-state index >= 15 is 0 Å². The zero-order valence-electron chi connectivity index (χ0n) is 7.64. The molecule has 2 aliphatic heterocycles. The molecule has 1 unspecified atom stereocenters. The molecule has 2 rings (SSSR count). The van der Waals surface area contributed by atoms with Gasteiger partial charge >= 0.3 is 0 Å². The Morgan fingerprint density at radius 3 is 3.08 bits per heavy atom. The molecule has 0 aliphatic carbocycles. The van der Waals surface area contributed by atoms with Gasteiger partial charge in [-0.25, -0.2) is 5.43 Å². The van der Waals surface area contributed by atoms with E-state index in [1.54, 1.807) is 0 Å². The molecule has 0 amide bonds. The molecule has 2 heterocycles. The van der Waals surface area contributed by atoms with Gasteiger partial charge in [0.2, 0.25) is 5.96 Å². The largest absolute Gasteiger partial charge is 0.369 e. The zero-order valence-corrected chi connectivity index (χ0v) is 7.64. The number of rotatable bonds is 2. The van der Waals surface area contributed by atoms with E-state index in [4.69, 9.17) is 5.73 Å². The number of guanidine groups is 1. The maximum Gasteiger partial charge on any atom is 0.206 e. The minimum Gasteiger partial charge on any atom is -0.369 e. The summed E-state index contributed by atoms with van der Waals surface area (Å²) in [4.78, 5) is 10.4. The molecule has 1 atom stereocenters. The van der Waals surface area contributed by atoms with Crippen LogP contribution in [0.2, 0.25) is 0 Å². The third-order valence-corrected chi connectivity index (χ3v) is 2.08. The number of nitrogens with two attached hydrogens (primary N) is 1. The molecule has 2 aliphatic rings. The molecule has 6 nitrogen and oxygen atoms in total. The van der Waals surface area contributed by atoms with E-state index in [1.807, 2.05) is 23.3 Å². The van der Waals surface area contributed by atoms with Crippen molar-refractivity contribution in [1.82, 2.24) is 15.3 Å². The smallest absolute Gasteiger partial charge is 0.206 e. The normalized spacial score (nSPS) is 27.2. The summed E-state index contributed by atoms with van der Waals surface area (Å²) in [7, 11) is 1.99. The summed E-state index contributed by atoms with van der Waals surface area (Å²) in [6.45, 7) is 2.48. The summed E-state index contributed by atoms with van der Waals surface area (Å²) in [5, 5.41) is 1.85. The first-order valence-electron chi connectivity index (χ1n) is 4.33. The Kier molecular flexibility index (Phi) is 2.05. The maximum absolute atomic E-state index is 5.64. The highest BCUT2D eigenvalue weighted by molar-refractivity contribution is 5.79. The van der Waals surface area contributed by atoms with Gasteiger partial charge < -0.3 is 10.6 Å². The molecule has 0 bridgehead atoms. The first-order chi connectivity index (χ1) is 6.25. The highest BCUT2D eigenvalue weighted by atomic mass is 15.6. The van der Waals surface area contributed by atoms with Gasteiger partial charge in [0, 0.05) is 7.05 Å². The fourth-order valence-corrected chi connectivity index (χ4v) is 1.41. The second-order valence-corrected chi connectivity index (χ2v) is 3.24. The van der Waals surface area contributed by atoms with Gasteiger partial charge in [-0.2, -0.15) is 0 Å². The molecule has 0 saturated carbocycles. The average molecular weight is 182 g/mol. The summed E-state index contributed by atoms with van der Waals surface area (Å²) >= 11 is 0. The number of aliphatic imine (C=N–C) groups is 2. The highest BCUT2D eigenvalue weighted by Crippen LogP contribution is 2.01. The Morgan fingerprint density at radius 1 is 1.69 bits per heavy atom. The predicted octanol–water partition coefficient (Wildman–Crippen LogP) is -1.58. The van der Waals surface area contributed by atoms with Crippen LogP contribution in [0, 0.1) is 0 Å². The minimum absolute atomic E-state index is 0.108. The Bertz CT molecular complexity index is 247. The van der Waals surface area contributed by atoms with Crippen molar-refractivity contribution in [3.05, 3.63) is 0 Å². The van der Waals surface area contributed by atoms with Crippen LogP contribution in [0.1, 0.15) is 0 Å². The summed E-state index contributed by atoms with van der Waals surface area (Å²) in [5.41, 5.74) is 8.84. The van der Waals surface area contributed by atoms with E-state index in [2.05, 4.69) is 15.4 Å². The lowest BCUT2D eigenvalue weighted by Gasteiger charge is -2.22. The molecular formula is C7H14N6. The fourth-order valence-electron chi connectivity index (χ4n) is 1.41. The van der Waals surface area contributed by atoms with Crippen molar-refractivity contribution in [3.8, 4) is 0 Å². The van der Waals surface area contributed by atoms with Gasteiger partial charge in [0.05, 0.1) is 26.0 Å². The summed E-state index contributed by atoms with van der Waals surface area (Å²) in [5.74, 6) is 0.560. The van der Waals surface area contributed by atoms with E-state index in [0.717, 1.165) is 19.6 Å². The first-order valence-corrected chi connectivity index (χ1v) is 4.33. The molecule has 0 fully saturated rings. The third-order valence-electron chi connectivity index (χ3n) is 2.08. The first kappa shape index (κ1) is 8.31. The van der Waals surface area contributed by atoms with E-state index in [1.165, 1.54) is 0 Å². The monoisotopic (exact) mass is 182 g/mol. The van der Waals surface area contributed by atoms with Gasteiger partial charge in [-0.05, 0) is 0 Å². The van der Waals surface area contributed by atoms with Gasteiger partial charge in [-0.1, -0.05) is 0 Å².